The summed E-state index contributed by atoms with van der Waals surface area (Å²) < 4.78 is 6.55. The van der Waals surface area contributed by atoms with E-state index in [0.29, 0.717) is 17.0 Å². The highest BCUT2D eigenvalue weighted by molar-refractivity contribution is 5.94. The molecule has 116 valence electrons. The Balaban J connectivity index is 2.33. The van der Waals surface area contributed by atoms with E-state index in [1.54, 1.807) is 43.6 Å². The van der Waals surface area contributed by atoms with Gasteiger partial charge in [-0.3, -0.25) is 14.2 Å². The van der Waals surface area contributed by atoms with E-state index in [1.165, 1.54) is 10.6 Å². The van der Waals surface area contributed by atoms with Crippen LogP contribution in [0.1, 0.15) is 30.6 Å². The van der Waals surface area contributed by atoms with E-state index in [9.17, 15) is 9.59 Å². The summed E-state index contributed by atoms with van der Waals surface area (Å²) >= 11 is 0. The van der Waals surface area contributed by atoms with Gasteiger partial charge >= 0.3 is 0 Å². The fourth-order valence-electron chi connectivity index (χ4n) is 1.98. The van der Waals surface area contributed by atoms with Crippen LogP contribution in [-0.4, -0.2) is 23.6 Å². The van der Waals surface area contributed by atoms with E-state index in [-0.39, 0.29) is 17.5 Å². The van der Waals surface area contributed by atoms with Gasteiger partial charge < -0.3 is 10.1 Å². The molecule has 2 aromatic rings. The highest BCUT2D eigenvalue weighted by Crippen LogP contribution is 2.14. The number of carbonyl (C=O) groups is 1. The van der Waals surface area contributed by atoms with Gasteiger partial charge in [0.1, 0.15) is 5.75 Å². The van der Waals surface area contributed by atoms with Gasteiger partial charge in [-0.05, 0) is 43.7 Å². The third kappa shape index (κ3) is 3.55. The van der Waals surface area contributed by atoms with Crippen LogP contribution in [0.5, 0.6) is 5.75 Å². The van der Waals surface area contributed by atoms with E-state index in [1.807, 2.05) is 13.8 Å². The summed E-state index contributed by atoms with van der Waals surface area (Å²) in [5.74, 6) is 0.527. The molecule has 1 heterocycles. The third-order valence-electron chi connectivity index (χ3n) is 3.51. The molecule has 1 atom stereocenters. The van der Waals surface area contributed by atoms with Crippen molar-refractivity contribution in [1.29, 1.82) is 0 Å². The number of ether oxygens (including phenoxy) is 1. The molecule has 0 spiro atoms. The Bertz CT molecular complexity index is 705. The van der Waals surface area contributed by atoms with Gasteiger partial charge in [0.05, 0.1) is 12.7 Å². The average Bonchev–Trinajstić information content (AvgIpc) is 2.55. The topological polar surface area (TPSA) is 60.3 Å². The fourth-order valence-corrected chi connectivity index (χ4v) is 1.98. The van der Waals surface area contributed by atoms with E-state index >= 15 is 0 Å². The SMILES string of the molecule is CC[C@H](C)NC(=O)c1ccc(=O)n(-c2ccc(OC)cc2)c1. The number of nitrogens with zero attached hydrogens (tertiary/aromatic N) is 1. The summed E-state index contributed by atoms with van der Waals surface area (Å²) in [4.78, 5) is 24.2. The molecule has 0 aliphatic rings. The maximum absolute atomic E-state index is 12.2. The van der Waals surface area contributed by atoms with Crippen molar-refractivity contribution in [3.8, 4) is 11.4 Å². The van der Waals surface area contributed by atoms with Crippen molar-refractivity contribution < 1.29 is 9.53 Å². The zero-order valence-electron chi connectivity index (χ0n) is 13.0. The van der Waals surface area contributed by atoms with Gasteiger partial charge in [0.25, 0.3) is 11.5 Å². The monoisotopic (exact) mass is 300 g/mol. The van der Waals surface area contributed by atoms with Crippen LogP contribution in [-0.2, 0) is 0 Å². The van der Waals surface area contributed by atoms with E-state index in [2.05, 4.69) is 5.32 Å². The van der Waals surface area contributed by atoms with E-state index in [4.69, 9.17) is 4.74 Å². The summed E-state index contributed by atoms with van der Waals surface area (Å²) in [6.07, 6.45) is 2.41. The largest absolute Gasteiger partial charge is 0.497 e. The van der Waals surface area contributed by atoms with Gasteiger partial charge in [-0.1, -0.05) is 6.92 Å². The Kier molecular flexibility index (Phi) is 4.99. The van der Waals surface area contributed by atoms with Gasteiger partial charge in [0, 0.05) is 24.0 Å². The number of aromatic nitrogens is 1. The number of amides is 1. The normalized spacial score (nSPS) is 11.8. The van der Waals surface area contributed by atoms with Crippen molar-refractivity contribution in [2.45, 2.75) is 26.3 Å². The van der Waals surface area contributed by atoms with Crippen LogP contribution in [0.25, 0.3) is 5.69 Å². The molecule has 1 amide bonds. The molecule has 0 saturated carbocycles. The maximum atomic E-state index is 12.2. The Labute approximate surface area is 129 Å². The highest BCUT2D eigenvalue weighted by atomic mass is 16.5. The molecular formula is C17H20N2O3. The number of pyridine rings is 1. The molecule has 1 aromatic carbocycles. The van der Waals surface area contributed by atoms with Crippen molar-refractivity contribution in [3.63, 3.8) is 0 Å². The van der Waals surface area contributed by atoms with Crippen LogP contribution in [0.2, 0.25) is 0 Å². The first kappa shape index (κ1) is 15.8. The first-order valence-corrected chi connectivity index (χ1v) is 7.23. The minimum absolute atomic E-state index is 0.0915. The lowest BCUT2D eigenvalue weighted by atomic mass is 10.2. The molecular weight excluding hydrogens is 280 g/mol. The molecule has 0 bridgehead atoms. The number of carbonyl (C=O) groups excluding carboxylic acids is 1. The second kappa shape index (κ2) is 6.93. The predicted molar refractivity (Wildman–Crippen MR) is 85.8 cm³/mol. The summed E-state index contributed by atoms with van der Waals surface area (Å²) in [6, 6.07) is 10.1. The molecule has 22 heavy (non-hydrogen) atoms. The quantitative estimate of drug-likeness (QED) is 0.922. The number of hydrogen-bond donors (Lipinski definition) is 1. The van der Waals surface area contributed by atoms with Crippen molar-refractivity contribution in [3.05, 3.63) is 58.5 Å². The Morgan fingerprint density at radius 2 is 1.91 bits per heavy atom. The van der Waals surface area contributed by atoms with Gasteiger partial charge in [0.2, 0.25) is 0 Å². The molecule has 5 heteroatoms. The summed E-state index contributed by atoms with van der Waals surface area (Å²) in [5, 5.41) is 2.89. The molecule has 1 N–H and O–H groups in total. The molecule has 0 radical (unpaired) electrons. The van der Waals surface area contributed by atoms with Gasteiger partial charge in [0.15, 0.2) is 0 Å². The van der Waals surface area contributed by atoms with E-state index in [0.717, 1.165) is 6.42 Å². The van der Waals surface area contributed by atoms with Gasteiger partial charge in [-0.15, -0.1) is 0 Å². The van der Waals surface area contributed by atoms with Gasteiger partial charge in [-0.25, -0.2) is 0 Å². The lowest BCUT2D eigenvalue weighted by molar-refractivity contribution is 0.0938. The molecule has 0 aliphatic carbocycles. The molecule has 1 aromatic heterocycles. The van der Waals surface area contributed by atoms with Crippen molar-refractivity contribution >= 4 is 5.91 Å². The first-order valence-electron chi connectivity index (χ1n) is 7.23. The van der Waals surface area contributed by atoms with Crippen molar-refractivity contribution in [2.75, 3.05) is 7.11 Å². The second-order valence-corrected chi connectivity index (χ2v) is 5.11. The van der Waals surface area contributed by atoms with Crippen LogP contribution in [0.3, 0.4) is 0 Å². The second-order valence-electron chi connectivity index (χ2n) is 5.11. The minimum Gasteiger partial charge on any atom is -0.497 e. The first-order chi connectivity index (χ1) is 10.5. The number of benzene rings is 1. The number of nitrogens with one attached hydrogen (secondary N) is 1. The standard InChI is InChI=1S/C17H20N2O3/c1-4-12(2)18-17(21)13-5-10-16(20)19(11-13)14-6-8-15(22-3)9-7-14/h5-12H,4H2,1-3H3,(H,18,21)/t12-/m0/s1. The fraction of sp³-hybridized carbons (Fsp3) is 0.294. The number of hydrogen-bond acceptors (Lipinski definition) is 3. The highest BCUT2D eigenvalue weighted by Gasteiger charge is 2.10. The molecule has 0 unspecified atom stereocenters. The average molecular weight is 300 g/mol. The smallest absolute Gasteiger partial charge is 0.255 e. The molecule has 0 saturated heterocycles. The Hall–Kier alpha value is -2.56. The van der Waals surface area contributed by atoms with Crippen LogP contribution >= 0.6 is 0 Å². The summed E-state index contributed by atoms with van der Waals surface area (Å²) in [5.41, 5.74) is 0.949. The maximum Gasteiger partial charge on any atom is 0.255 e. The van der Waals surface area contributed by atoms with Crippen LogP contribution in [0.4, 0.5) is 0 Å². The van der Waals surface area contributed by atoms with E-state index < -0.39 is 0 Å². The molecule has 5 nitrogen and oxygen atoms in total. The van der Waals surface area contributed by atoms with Crippen molar-refractivity contribution in [2.24, 2.45) is 0 Å². The lowest BCUT2D eigenvalue weighted by Gasteiger charge is -2.13. The molecule has 2 rings (SSSR count). The third-order valence-corrected chi connectivity index (χ3v) is 3.51. The zero-order chi connectivity index (χ0) is 16.1. The summed E-state index contributed by atoms with van der Waals surface area (Å²) in [7, 11) is 1.58. The predicted octanol–water partition coefficient (Wildman–Crippen LogP) is 2.37. The molecule has 0 fully saturated rings. The van der Waals surface area contributed by atoms with Crippen molar-refractivity contribution in [1.82, 2.24) is 9.88 Å². The molecule has 0 aliphatic heterocycles. The van der Waals surface area contributed by atoms with Crippen LogP contribution in [0, 0.1) is 0 Å². The number of methoxy groups -OCH3 is 1. The van der Waals surface area contributed by atoms with Crippen LogP contribution < -0.4 is 15.6 Å². The van der Waals surface area contributed by atoms with Gasteiger partial charge in [-0.2, -0.15) is 0 Å². The minimum atomic E-state index is -0.190. The zero-order valence-corrected chi connectivity index (χ0v) is 13.0. The lowest BCUT2D eigenvalue weighted by Crippen LogP contribution is -2.32. The Morgan fingerprint density at radius 3 is 2.50 bits per heavy atom. The van der Waals surface area contributed by atoms with Crippen LogP contribution in [0.15, 0.2) is 47.4 Å². The summed E-state index contributed by atoms with van der Waals surface area (Å²) in [6.45, 7) is 3.95. The number of rotatable bonds is 5. The Morgan fingerprint density at radius 1 is 1.23 bits per heavy atom.